The Morgan fingerprint density at radius 2 is 1.62 bits per heavy atom. The number of hydrogen-bond donors (Lipinski definition) is 2. The van der Waals surface area contributed by atoms with Gasteiger partial charge in [0.2, 0.25) is 0 Å². The third-order valence-corrected chi connectivity index (χ3v) is 8.80. The van der Waals surface area contributed by atoms with Gasteiger partial charge in [-0.05, 0) is 73.5 Å². The van der Waals surface area contributed by atoms with Crippen LogP contribution in [0.2, 0.25) is 0 Å². The van der Waals surface area contributed by atoms with Crippen LogP contribution in [0.25, 0.3) is 11.1 Å². The minimum Gasteiger partial charge on any atom is -0.488 e. The maximum absolute atomic E-state index is 14.6. The molecular weight excluding hydrogens is 600 g/mol. The quantitative estimate of drug-likeness (QED) is 0.394. The average Bonchev–Trinajstić information content (AvgIpc) is 3.57. The lowest BCUT2D eigenvalue weighted by atomic mass is 9.99. The Hall–Kier alpha value is -3.73. The molecule has 0 bridgehead atoms. The number of ether oxygens (including phenoxy) is 1. The summed E-state index contributed by atoms with van der Waals surface area (Å²) >= 11 is 0. The first kappa shape index (κ1) is 32.7. The highest BCUT2D eigenvalue weighted by Crippen LogP contribution is 2.34. The van der Waals surface area contributed by atoms with Crippen molar-refractivity contribution in [1.29, 1.82) is 0 Å². The first-order chi connectivity index (χ1) is 21.4. The highest BCUT2D eigenvalue weighted by Gasteiger charge is 2.33. The number of nitrogens with zero attached hydrogens (tertiary/aromatic N) is 3. The molecule has 3 aromatic carbocycles. The molecular formula is C34H40ClF2N5O3. The second kappa shape index (κ2) is 14.6. The van der Waals surface area contributed by atoms with Crippen molar-refractivity contribution in [2.45, 2.75) is 31.9 Å². The Morgan fingerprint density at radius 1 is 0.844 bits per heavy atom. The van der Waals surface area contributed by atoms with Gasteiger partial charge in [-0.15, -0.1) is 12.4 Å². The molecule has 3 saturated heterocycles. The second-order valence-electron chi connectivity index (χ2n) is 11.7. The first-order valence-corrected chi connectivity index (χ1v) is 15.5. The van der Waals surface area contributed by atoms with Crippen molar-refractivity contribution in [3.63, 3.8) is 0 Å². The lowest BCUT2D eigenvalue weighted by molar-refractivity contribution is 0.0380. The summed E-state index contributed by atoms with van der Waals surface area (Å²) in [7, 11) is 0. The summed E-state index contributed by atoms with van der Waals surface area (Å²) in [6, 6.07) is 16.0. The van der Waals surface area contributed by atoms with Crippen LogP contribution in [0, 0.1) is 11.6 Å². The molecule has 240 valence electrons. The maximum Gasteiger partial charge on any atom is 0.254 e. The van der Waals surface area contributed by atoms with Gasteiger partial charge in [-0.3, -0.25) is 9.59 Å². The van der Waals surface area contributed by atoms with Gasteiger partial charge in [0, 0.05) is 80.8 Å². The fraction of sp³-hybridized carbons (Fsp3) is 0.412. The lowest BCUT2D eigenvalue weighted by Gasteiger charge is -2.41. The van der Waals surface area contributed by atoms with Crippen LogP contribution in [-0.4, -0.2) is 92.7 Å². The van der Waals surface area contributed by atoms with Crippen LogP contribution in [0.15, 0.2) is 60.7 Å². The van der Waals surface area contributed by atoms with E-state index in [2.05, 4.69) is 15.5 Å². The summed E-state index contributed by atoms with van der Waals surface area (Å²) in [4.78, 5) is 33.1. The minimum absolute atomic E-state index is 0. The fourth-order valence-corrected chi connectivity index (χ4v) is 6.34. The van der Waals surface area contributed by atoms with Gasteiger partial charge in [-0.1, -0.05) is 19.1 Å². The fourth-order valence-electron chi connectivity index (χ4n) is 6.34. The van der Waals surface area contributed by atoms with Crippen molar-refractivity contribution in [1.82, 2.24) is 20.4 Å². The van der Waals surface area contributed by atoms with Gasteiger partial charge >= 0.3 is 0 Å². The van der Waals surface area contributed by atoms with Crippen LogP contribution in [0.5, 0.6) is 5.75 Å². The molecule has 0 aromatic heterocycles. The molecule has 0 aliphatic carbocycles. The van der Waals surface area contributed by atoms with Gasteiger partial charge in [0.1, 0.15) is 23.5 Å². The van der Waals surface area contributed by atoms with Crippen molar-refractivity contribution in [3.8, 4) is 16.9 Å². The molecule has 2 atom stereocenters. The van der Waals surface area contributed by atoms with Gasteiger partial charge in [0.15, 0.2) is 0 Å². The molecule has 3 fully saturated rings. The molecule has 2 N–H and O–H groups in total. The second-order valence-corrected chi connectivity index (χ2v) is 11.7. The SMILES string of the molecule is CCC1CN(C(=O)c2cc(F)cc(N3CCNCC3)c2)CCN1C(=O)c1ccc(OC2CCNC2)c(-c2ccc(F)cc2)c1.Cl. The Morgan fingerprint density at radius 3 is 2.33 bits per heavy atom. The van der Waals surface area contributed by atoms with E-state index in [-0.39, 0.29) is 42.2 Å². The van der Waals surface area contributed by atoms with Crippen LogP contribution in [0.4, 0.5) is 14.5 Å². The topological polar surface area (TPSA) is 77.2 Å². The summed E-state index contributed by atoms with van der Waals surface area (Å²) in [5.74, 6) is -0.473. The number of amides is 2. The van der Waals surface area contributed by atoms with E-state index in [0.717, 1.165) is 56.8 Å². The van der Waals surface area contributed by atoms with E-state index in [4.69, 9.17) is 4.74 Å². The summed E-state index contributed by atoms with van der Waals surface area (Å²) in [5, 5.41) is 6.59. The van der Waals surface area contributed by atoms with Crippen molar-refractivity contribution < 1.29 is 23.1 Å². The number of piperazine rings is 2. The van der Waals surface area contributed by atoms with E-state index >= 15 is 0 Å². The highest BCUT2D eigenvalue weighted by atomic mass is 35.5. The van der Waals surface area contributed by atoms with Gasteiger partial charge in [-0.2, -0.15) is 0 Å². The van der Waals surface area contributed by atoms with Gasteiger partial charge in [-0.25, -0.2) is 8.78 Å². The largest absolute Gasteiger partial charge is 0.488 e. The summed E-state index contributed by atoms with van der Waals surface area (Å²) in [6.45, 7) is 7.84. The predicted octanol–water partition coefficient (Wildman–Crippen LogP) is 4.58. The van der Waals surface area contributed by atoms with Gasteiger partial charge in [0.25, 0.3) is 11.8 Å². The number of carbonyl (C=O) groups excluding carboxylic acids is 2. The third-order valence-electron chi connectivity index (χ3n) is 8.80. The molecule has 11 heteroatoms. The zero-order valence-corrected chi connectivity index (χ0v) is 26.3. The van der Waals surface area contributed by atoms with Crippen molar-refractivity contribution in [2.24, 2.45) is 0 Å². The number of hydrogen-bond acceptors (Lipinski definition) is 6. The Bertz CT molecular complexity index is 1500. The Labute approximate surface area is 269 Å². The Kier molecular flexibility index (Phi) is 10.6. The Balaban J connectivity index is 0.00000400. The first-order valence-electron chi connectivity index (χ1n) is 15.5. The summed E-state index contributed by atoms with van der Waals surface area (Å²) in [5.41, 5.74) is 3.04. The number of anilines is 1. The zero-order valence-electron chi connectivity index (χ0n) is 25.4. The number of rotatable bonds is 7. The molecule has 2 amide bonds. The molecule has 45 heavy (non-hydrogen) atoms. The molecule has 6 rings (SSSR count). The number of carbonyl (C=O) groups is 2. The number of benzene rings is 3. The van der Waals surface area contributed by atoms with Crippen LogP contribution < -0.4 is 20.3 Å². The normalized spacial score (nSPS) is 20.1. The molecule has 0 saturated carbocycles. The summed E-state index contributed by atoms with van der Waals surface area (Å²) < 4.78 is 34.7. The average molecular weight is 640 g/mol. The number of halogens is 3. The van der Waals surface area contributed by atoms with Gasteiger partial charge < -0.3 is 30.1 Å². The highest BCUT2D eigenvalue weighted by molar-refractivity contribution is 5.98. The monoisotopic (exact) mass is 639 g/mol. The van der Waals surface area contributed by atoms with Crippen LogP contribution in [0.1, 0.15) is 40.5 Å². The molecule has 0 spiro atoms. The molecule has 8 nitrogen and oxygen atoms in total. The van der Waals surface area contributed by atoms with E-state index in [1.807, 2.05) is 24.0 Å². The zero-order chi connectivity index (χ0) is 30.6. The molecule has 3 aromatic rings. The van der Waals surface area contributed by atoms with Crippen molar-refractivity contribution in [2.75, 3.05) is 63.8 Å². The van der Waals surface area contributed by atoms with Crippen molar-refractivity contribution in [3.05, 3.63) is 83.4 Å². The van der Waals surface area contributed by atoms with Crippen LogP contribution >= 0.6 is 12.4 Å². The van der Waals surface area contributed by atoms with E-state index in [1.165, 1.54) is 24.3 Å². The minimum atomic E-state index is -0.432. The molecule has 0 radical (unpaired) electrons. The van der Waals surface area contributed by atoms with Crippen LogP contribution in [-0.2, 0) is 0 Å². The number of nitrogens with one attached hydrogen (secondary N) is 2. The van der Waals surface area contributed by atoms with Crippen molar-refractivity contribution >= 4 is 29.9 Å². The molecule has 3 aliphatic heterocycles. The van der Waals surface area contributed by atoms with Crippen LogP contribution in [0.3, 0.4) is 0 Å². The van der Waals surface area contributed by atoms with E-state index in [0.29, 0.717) is 48.6 Å². The standard InChI is InChI=1S/C34H39F2N5O3.ClH/c1-2-28-22-40(33(42)25-17-27(36)20-29(18-25)39-13-11-37-12-14-39)15-16-41(28)34(43)24-5-8-32(44-30-9-10-38-21-30)31(19-24)23-3-6-26(35)7-4-23;/h3-8,17-20,28,30,37-38H,2,9-16,21-22H2,1H3;1H. The van der Waals surface area contributed by atoms with E-state index in [1.54, 1.807) is 29.2 Å². The van der Waals surface area contributed by atoms with E-state index in [9.17, 15) is 18.4 Å². The molecule has 3 aliphatic rings. The lowest BCUT2D eigenvalue weighted by Crippen LogP contribution is -2.56. The molecule has 3 heterocycles. The van der Waals surface area contributed by atoms with E-state index < -0.39 is 5.82 Å². The smallest absolute Gasteiger partial charge is 0.254 e. The summed E-state index contributed by atoms with van der Waals surface area (Å²) in [6.07, 6.45) is 1.57. The third kappa shape index (κ3) is 7.40. The van der Waals surface area contributed by atoms with Gasteiger partial charge in [0.05, 0.1) is 0 Å². The predicted molar refractivity (Wildman–Crippen MR) is 173 cm³/mol. The molecule has 2 unspecified atom stereocenters. The maximum atomic E-state index is 14.6.